The molecule has 0 saturated heterocycles. The Labute approximate surface area is 117 Å². The first-order valence-electron chi connectivity index (χ1n) is 6.46. The molecular formula is C16H16FNO2. The lowest BCUT2D eigenvalue weighted by molar-refractivity contribution is 0.0944. The molecule has 2 aromatic rings. The van der Waals surface area contributed by atoms with E-state index in [1.807, 2.05) is 31.2 Å². The topological polar surface area (TPSA) is 49.3 Å². The number of hydrogen-bond acceptors (Lipinski definition) is 2. The Hall–Kier alpha value is -2.36. The number of rotatable bonds is 4. The molecule has 0 aliphatic heterocycles. The molecule has 0 aliphatic rings. The molecule has 3 nitrogen and oxygen atoms in total. The molecule has 2 rings (SSSR count). The van der Waals surface area contributed by atoms with E-state index in [2.05, 4.69) is 5.32 Å². The van der Waals surface area contributed by atoms with E-state index in [4.69, 9.17) is 0 Å². The molecule has 20 heavy (non-hydrogen) atoms. The van der Waals surface area contributed by atoms with Crippen molar-refractivity contribution in [1.29, 1.82) is 0 Å². The van der Waals surface area contributed by atoms with Crippen LogP contribution in [0.15, 0.2) is 42.5 Å². The molecule has 2 aromatic carbocycles. The molecule has 4 heteroatoms. The summed E-state index contributed by atoms with van der Waals surface area (Å²) in [5.74, 6) is -1.70. The monoisotopic (exact) mass is 273 g/mol. The van der Waals surface area contributed by atoms with Gasteiger partial charge in [0, 0.05) is 6.54 Å². The van der Waals surface area contributed by atoms with Gasteiger partial charge in [-0.25, -0.2) is 4.39 Å². The maximum Gasteiger partial charge on any atom is 0.258 e. The van der Waals surface area contributed by atoms with Gasteiger partial charge in [-0.1, -0.05) is 37.3 Å². The van der Waals surface area contributed by atoms with Crippen LogP contribution in [0.3, 0.4) is 0 Å². The van der Waals surface area contributed by atoms with Crippen LogP contribution in [0.1, 0.15) is 28.4 Å². The van der Waals surface area contributed by atoms with Crippen LogP contribution in [0.4, 0.5) is 4.39 Å². The van der Waals surface area contributed by atoms with Gasteiger partial charge in [-0.15, -0.1) is 0 Å². The van der Waals surface area contributed by atoms with Crippen LogP contribution >= 0.6 is 0 Å². The van der Waals surface area contributed by atoms with Crippen LogP contribution in [0, 0.1) is 5.82 Å². The zero-order valence-electron chi connectivity index (χ0n) is 11.2. The standard InChI is InChI=1S/C16H16FNO2/c1-2-11-6-3-4-7-12(11)10-18-16(20)15-13(17)8-5-9-14(15)19/h3-9,19H,2,10H2,1H3,(H,18,20). The maximum atomic E-state index is 13.6. The second-order valence-electron chi connectivity index (χ2n) is 4.44. The highest BCUT2D eigenvalue weighted by atomic mass is 19.1. The predicted octanol–water partition coefficient (Wildman–Crippen LogP) is 3.02. The van der Waals surface area contributed by atoms with Gasteiger partial charge in [0.25, 0.3) is 5.91 Å². The molecule has 2 N–H and O–H groups in total. The Bertz CT molecular complexity index is 605. The number of aryl methyl sites for hydroxylation is 1. The van der Waals surface area contributed by atoms with Crippen LogP contribution in [-0.2, 0) is 13.0 Å². The number of phenolic OH excluding ortho intramolecular Hbond substituents is 1. The van der Waals surface area contributed by atoms with Crippen LogP contribution in [0.2, 0.25) is 0 Å². The molecule has 104 valence electrons. The minimum Gasteiger partial charge on any atom is -0.507 e. The van der Waals surface area contributed by atoms with Crippen molar-refractivity contribution in [3.05, 3.63) is 65.0 Å². The first-order valence-corrected chi connectivity index (χ1v) is 6.46. The van der Waals surface area contributed by atoms with Gasteiger partial charge in [0.15, 0.2) is 0 Å². The second-order valence-corrected chi connectivity index (χ2v) is 4.44. The van der Waals surface area contributed by atoms with Crippen molar-refractivity contribution < 1.29 is 14.3 Å². The molecule has 0 bridgehead atoms. The van der Waals surface area contributed by atoms with Gasteiger partial charge >= 0.3 is 0 Å². The van der Waals surface area contributed by atoms with E-state index < -0.39 is 11.7 Å². The summed E-state index contributed by atoms with van der Waals surface area (Å²) in [7, 11) is 0. The Kier molecular flexibility index (Phi) is 4.35. The highest BCUT2D eigenvalue weighted by Crippen LogP contribution is 2.19. The normalized spacial score (nSPS) is 10.3. The number of hydrogen-bond donors (Lipinski definition) is 2. The van der Waals surface area contributed by atoms with Gasteiger partial charge in [0.05, 0.1) is 0 Å². The lowest BCUT2D eigenvalue weighted by Crippen LogP contribution is -2.24. The number of phenols is 1. The molecule has 0 aromatic heterocycles. The third-order valence-corrected chi connectivity index (χ3v) is 3.16. The number of carbonyl (C=O) groups excluding carboxylic acids is 1. The van der Waals surface area contributed by atoms with E-state index >= 15 is 0 Å². The second kappa shape index (κ2) is 6.19. The van der Waals surface area contributed by atoms with Crippen molar-refractivity contribution in [2.24, 2.45) is 0 Å². The van der Waals surface area contributed by atoms with Crippen molar-refractivity contribution in [2.45, 2.75) is 19.9 Å². The number of benzene rings is 2. The molecule has 0 spiro atoms. The highest BCUT2D eigenvalue weighted by molar-refractivity contribution is 5.97. The average molecular weight is 273 g/mol. The Morgan fingerprint density at radius 2 is 1.85 bits per heavy atom. The molecule has 0 unspecified atom stereocenters. The number of nitrogens with one attached hydrogen (secondary N) is 1. The molecule has 0 heterocycles. The zero-order chi connectivity index (χ0) is 14.5. The Morgan fingerprint density at radius 3 is 2.50 bits per heavy atom. The van der Waals surface area contributed by atoms with Crippen LogP contribution < -0.4 is 5.32 Å². The Morgan fingerprint density at radius 1 is 1.15 bits per heavy atom. The quantitative estimate of drug-likeness (QED) is 0.899. The molecule has 0 aliphatic carbocycles. The van der Waals surface area contributed by atoms with Crippen molar-refractivity contribution in [3.8, 4) is 5.75 Å². The lowest BCUT2D eigenvalue weighted by Gasteiger charge is -2.10. The van der Waals surface area contributed by atoms with Crippen molar-refractivity contribution in [2.75, 3.05) is 0 Å². The number of aromatic hydroxyl groups is 1. The van der Waals surface area contributed by atoms with Gasteiger partial charge in [-0.3, -0.25) is 4.79 Å². The highest BCUT2D eigenvalue weighted by Gasteiger charge is 2.16. The smallest absolute Gasteiger partial charge is 0.258 e. The predicted molar refractivity (Wildman–Crippen MR) is 75.1 cm³/mol. The van der Waals surface area contributed by atoms with Gasteiger partial charge in [-0.05, 0) is 29.7 Å². The summed E-state index contributed by atoms with van der Waals surface area (Å²) in [6.07, 6.45) is 0.858. The SMILES string of the molecule is CCc1ccccc1CNC(=O)c1c(O)cccc1F. The summed E-state index contributed by atoms with van der Waals surface area (Å²) in [5, 5.41) is 12.2. The molecular weight excluding hydrogens is 257 g/mol. The molecule has 1 amide bonds. The van der Waals surface area contributed by atoms with E-state index in [1.54, 1.807) is 0 Å². The van der Waals surface area contributed by atoms with E-state index in [9.17, 15) is 14.3 Å². The average Bonchev–Trinajstić information content (AvgIpc) is 2.45. The largest absolute Gasteiger partial charge is 0.507 e. The zero-order valence-corrected chi connectivity index (χ0v) is 11.2. The van der Waals surface area contributed by atoms with Crippen LogP contribution in [0.5, 0.6) is 5.75 Å². The van der Waals surface area contributed by atoms with Gasteiger partial charge in [0.2, 0.25) is 0 Å². The van der Waals surface area contributed by atoms with Crippen molar-refractivity contribution in [3.63, 3.8) is 0 Å². The van der Waals surface area contributed by atoms with E-state index in [-0.39, 0.29) is 11.3 Å². The van der Waals surface area contributed by atoms with E-state index in [1.165, 1.54) is 12.1 Å². The summed E-state index contributed by atoms with van der Waals surface area (Å²) >= 11 is 0. The van der Waals surface area contributed by atoms with Crippen LogP contribution in [-0.4, -0.2) is 11.0 Å². The molecule has 0 radical (unpaired) electrons. The van der Waals surface area contributed by atoms with Crippen LogP contribution in [0.25, 0.3) is 0 Å². The first kappa shape index (κ1) is 14.1. The molecule has 0 fully saturated rings. The maximum absolute atomic E-state index is 13.6. The molecule has 0 saturated carbocycles. The van der Waals surface area contributed by atoms with Gasteiger partial charge in [-0.2, -0.15) is 0 Å². The lowest BCUT2D eigenvalue weighted by atomic mass is 10.1. The minimum atomic E-state index is -0.730. The van der Waals surface area contributed by atoms with E-state index in [0.717, 1.165) is 23.6 Å². The fourth-order valence-electron chi connectivity index (χ4n) is 2.08. The number of amides is 1. The first-order chi connectivity index (χ1) is 9.63. The van der Waals surface area contributed by atoms with Gasteiger partial charge in [0.1, 0.15) is 17.1 Å². The fraction of sp³-hybridized carbons (Fsp3) is 0.188. The van der Waals surface area contributed by atoms with Crippen molar-refractivity contribution in [1.82, 2.24) is 5.32 Å². The fourth-order valence-corrected chi connectivity index (χ4v) is 2.08. The summed E-state index contributed by atoms with van der Waals surface area (Å²) in [4.78, 5) is 11.9. The van der Waals surface area contributed by atoms with E-state index in [0.29, 0.717) is 6.54 Å². The molecule has 0 atom stereocenters. The summed E-state index contributed by atoms with van der Waals surface area (Å²) in [6.45, 7) is 2.33. The number of carbonyl (C=O) groups is 1. The minimum absolute atomic E-state index is 0.302. The van der Waals surface area contributed by atoms with Gasteiger partial charge < -0.3 is 10.4 Å². The summed E-state index contributed by atoms with van der Waals surface area (Å²) in [6, 6.07) is 11.5. The third-order valence-electron chi connectivity index (χ3n) is 3.16. The summed E-state index contributed by atoms with van der Waals surface area (Å²) < 4.78 is 13.6. The number of halogens is 1. The summed E-state index contributed by atoms with van der Waals surface area (Å²) in [5.41, 5.74) is 1.80. The third kappa shape index (κ3) is 2.96. The Balaban J connectivity index is 2.13. The van der Waals surface area contributed by atoms with Crippen molar-refractivity contribution >= 4 is 5.91 Å².